The summed E-state index contributed by atoms with van der Waals surface area (Å²) >= 11 is 3.48. The Morgan fingerprint density at radius 3 is 2.86 bits per heavy atom. The van der Waals surface area contributed by atoms with Gasteiger partial charge in [-0.1, -0.05) is 35.0 Å². The Hall–Kier alpha value is -0.580. The second-order valence-corrected chi connectivity index (χ2v) is 6.99. The van der Waals surface area contributed by atoms with Crippen molar-refractivity contribution in [3.05, 3.63) is 34.3 Å². The fourth-order valence-electron chi connectivity index (χ4n) is 3.05. The van der Waals surface area contributed by atoms with Crippen LogP contribution in [0.1, 0.15) is 44.6 Å². The minimum atomic E-state index is 0. The van der Waals surface area contributed by atoms with E-state index in [1.54, 1.807) is 0 Å². The zero-order valence-corrected chi connectivity index (χ0v) is 15.5. The second kappa shape index (κ2) is 9.53. The van der Waals surface area contributed by atoms with Gasteiger partial charge in [-0.05, 0) is 56.2 Å². The fraction of sp³-hybridized carbons (Fsp3) is 0.588. The molecule has 5 heteroatoms. The lowest BCUT2D eigenvalue weighted by Gasteiger charge is -2.28. The third-order valence-electron chi connectivity index (χ3n) is 4.30. The van der Waals surface area contributed by atoms with E-state index in [1.807, 2.05) is 12.1 Å². The summed E-state index contributed by atoms with van der Waals surface area (Å²) in [7, 11) is 0. The van der Waals surface area contributed by atoms with Crippen LogP contribution in [-0.4, -0.2) is 18.0 Å². The van der Waals surface area contributed by atoms with E-state index in [9.17, 15) is 4.79 Å². The van der Waals surface area contributed by atoms with Crippen LogP contribution in [0, 0.1) is 5.92 Å². The summed E-state index contributed by atoms with van der Waals surface area (Å²) in [5, 5.41) is 3.20. The molecule has 3 atom stereocenters. The molecule has 0 aliphatic heterocycles. The van der Waals surface area contributed by atoms with E-state index in [2.05, 4.69) is 40.3 Å². The summed E-state index contributed by atoms with van der Waals surface area (Å²) < 4.78 is 1.06. The average molecular weight is 390 g/mol. The van der Waals surface area contributed by atoms with Gasteiger partial charge >= 0.3 is 0 Å². The van der Waals surface area contributed by atoms with Crippen LogP contribution in [0.15, 0.2) is 28.7 Å². The van der Waals surface area contributed by atoms with E-state index in [4.69, 9.17) is 5.73 Å². The van der Waals surface area contributed by atoms with Crippen LogP contribution in [0.4, 0.5) is 0 Å². The molecule has 0 aromatic heterocycles. The Bertz CT molecular complexity index is 483. The molecule has 3 N–H and O–H groups in total. The van der Waals surface area contributed by atoms with Crippen LogP contribution in [0.2, 0.25) is 0 Å². The molecule has 1 aliphatic rings. The predicted octanol–water partition coefficient (Wildman–Crippen LogP) is 3.83. The summed E-state index contributed by atoms with van der Waals surface area (Å²) in [6.07, 6.45) is 5.83. The van der Waals surface area contributed by atoms with Gasteiger partial charge in [-0.2, -0.15) is 0 Å². The number of benzene rings is 1. The van der Waals surface area contributed by atoms with Crippen LogP contribution < -0.4 is 11.1 Å². The third-order valence-corrected chi connectivity index (χ3v) is 4.79. The maximum atomic E-state index is 12.5. The van der Waals surface area contributed by atoms with E-state index >= 15 is 0 Å². The summed E-state index contributed by atoms with van der Waals surface area (Å²) in [6, 6.07) is 8.70. The molecule has 124 valence electrons. The number of rotatable bonds is 5. The summed E-state index contributed by atoms with van der Waals surface area (Å²) in [5.41, 5.74) is 7.19. The van der Waals surface area contributed by atoms with Gasteiger partial charge in [0.15, 0.2) is 0 Å². The Morgan fingerprint density at radius 2 is 2.23 bits per heavy atom. The lowest BCUT2D eigenvalue weighted by atomic mass is 9.90. The highest BCUT2D eigenvalue weighted by Crippen LogP contribution is 2.20. The summed E-state index contributed by atoms with van der Waals surface area (Å²) in [5.74, 6) is 0.217. The van der Waals surface area contributed by atoms with Gasteiger partial charge in [0.1, 0.15) is 0 Å². The Kier molecular flexibility index (Phi) is 8.44. The molecule has 22 heavy (non-hydrogen) atoms. The standard InChI is InChI=1S/C17H25BrN2O.ClH/c1-2-13(9-12-5-3-6-14(18)10-12)17(21)20-16-8-4-7-15(19)11-16;/h3,5-6,10,13,15-16H,2,4,7-9,11,19H2,1H3,(H,20,21);1H. The molecule has 3 nitrogen and oxygen atoms in total. The Balaban J connectivity index is 0.00000242. The molecule has 0 heterocycles. The number of hydrogen-bond acceptors (Lipinski definition) is 2. The number of nitrogens with two attached hydrogens (primary N) is 1. The molecule has 0 bridgehead atoms. The van der Waals surface area contributed by atoms with Gasteiger partial charge < -0.3 is 11.1 Å². The monoisotopic (exact) mass is 388 g/mol. The Labute approximate surface area is 148 Å². The third kappa shape index (κ3) is 5.90. The number of nitrogens with one attached hydrogen (secondary N) is 1. The van der Waals surface area contributed by atoms with Crippen LogP contribution in [-0.2, 0) is 11.2 Å². The highest BCUT2D eigenvalue weighted by molar-refractivity contribution is 9.10. The van der Waals surface area contributed by atoms with E-state index in [1.165, 1.54) is 5.56 Å². The molecular weight excluding hydrogens is 364 g/mol. The smallest absolute Gasteiger partial charge is 0.223 e. The second-order valence-electron chi connectivity index (χ2n) is 6.07. The van der Waals surface area contributed by atoms with Gasteiger partial charge in [-0.3, -0.25) is 4.79 Å². The zero-order chi connectivity index (χ0) is 15.2. The van der Waals surface area contributed by atoms with Crippen molar-refractivity contribution in [2.75, 3.05) is 0 Å². The highest BCUT2D eigenvalue weighted by atomic mass is 79.9. The average Bonchev–Trinajstić information content (AvgIpc) is 2.44. The van der Waals surface area contributed by atoms with Crippen LogP contribution in [0.5, 0.6) is 0 Å². The van der Waals surface area contributed by atoms with Crippen LogP contribution in [0.3, 0.4) is 0 Å². The van der Waals surface area contributed by atoms with Crippen molar-refractivity contribution in [1.82, 2.24) is 5.32 Å². The number of halogens is 2. The first-order chi connectivity index (χ1) is 10.1. The number of hydrogen-bond donors (Lipinski definition) is 2. The first-order valence-corrected chi connectivity index (χ1v) is 8.68. The maximum Gasteiger partial charge on any atom is 0.223 e. The fourth-order valence-corrected chi connectivity index (χ4v) is 3.50. The number of carbonyl (C=O) groups is 1. The number of carbonyl (C=O) groups excluding carboxylic acids is 1. The van der Waals surface area contributed by atoms with Gasteiger partial charge in [0, 0.05) is 22.5 Å². The van der Waals surface area contributed by atoms with E-state index in [0.717, 1.165) is 43.0 Å². The molecule has 1 saturated carbocycles. The molecule has 0 radical (unpaired) electrons. The molecule has 1 aromatic carbocycles. The summed E-state index contributed by atoms with van der Waals surface area (Å²) in [6.45, 7) is 2.08. The van der Waals surface area contributed by atoms with Gasteiger partial charge in [-0.25, -0.2) is 0 Å². The number of amides is 1. The first-order valence-electron chi connectivity index (χ1n) is 7.89. The summed E-state index contributed by atoms with van der Waals surface area (Å²) in [4.78, 5) is 12.5. The van der Waals surface area contributed by atoms with Crippen molar-refractivity contribution in [1.29, 1.82) is 0 Å². The minimum absolute atomic E-state index is 0. The molecule has 2 rings (SSSR count). The van der Waals surface area contributed by atoms with E-state index < -0.39 is 0 Å². The lowest BCUT2D eigenvalue weighted by Crippen LogP contribution is -2.44. The highest BCUT2D eigenvalue weighted by Gasteiger charge is 2.24. The zero-order valence-electron chi connectivity index (χ0n) is 13.1. The van der Waals surface area contributed by atoms with E-state index in [-0.39, 0.29) is 36.3 Å². The molecule has 1 amide bonds. The van der Waals surface area contributed by atoms with Gasteiger partial charge in [0.05, 0.1) is 0 Å². The first kappa shape index (κ1) is 19.5. The molecule has 0 saturated heterocycles. The Morgan fingerprint density at radius 1 is 1.45 bits per heavy atom. The van der Waals surface area contributed by atoms with Gasteiger partial charge in [0.25, 0.3) is 0 Å². The van der Waals surface area contributed by atoms with Crippen molar-refractivity contribution in [2.24, 2.45) is 11.7 Å². The molecule has 3 unspecified atom stereocenters. The van der Waals surface area contributed by atoms with Crippen molar-refractivity contribution < 1.29 is 4.79 Å². The van der Waals surface area contributed by atoms with E-state index in [0.29, 0.717) is 0 Å². The van der Waals surface area contributed by atoms with Gasteiger partial charge in [-0.15, -0.1) is 12.4 Å². The molecule has 1 aromatic rings. The van der Waals surface area contributed by atoms with Gasteiger partial charge in [0.2, 0.25) is 5.91 Å². The molecule has 0 spiro atoms. The largest absolute Gasteiger partial charge is 0.353 e. The van der Waals surface area contributed by atoms with Crippen molar-refractivity contribution >= 4 is 34.2 Å². The van der Waals surface area contributed by atoms with Crippen molar-refractivity contribution in [3.63, 3.8) is 0 Å². The molecule has 1 aliphatic carbocycles. The lowest BCUT2D eigenvalue weighted by molar-refractivity contribution is -0.126. The molecule has 1 fully saturated rings. The minimum Gasteiger partial charge on any atom is -0.353 e. The van der Waals surface area contributed by atoms with Crippen molar-refractivity contribution in [2.45, 2.75) is 57.5 Å². The SMILES string of the molecule is CCC(Cc1cccc(Br)c1)C(=O)NC1CCCC(N)C1.Cl. The van der Waals surface area contributed by atoms with Crippen LogP contribution in [0.25, 0.3) is 0 Å². The van der Waals surface area contributed by atoms with Crippen molar-refractivity contribution in [3.8, 4) is 0 Å². The van der Waals surface area contributed by atoms with Crippen LogP contribution >= 0.6 is 28.3 Å². The molecular formula is C17H26BrClN2O. The maximum absolute atomic E-state index is 12.5. The quantitative estimate of drug-likeness (QED) is 0.804. The topological polar surface area (TPSA) is 55.1 Å². The predicted molar refractivity (Wildman–Crippen MR) is 97.2 cm³/mol. The normalized spacial score (nSPS) is 22.5.